The summed E-state index contributed by atoms with van der Waals surface area (Å²) in [5, 5.41) is 18.2. The SMILES string of the molecule is Cc1cc(=O)c(O)c(C(C)O)o1. The zero-order valence-corrected chi connectivity index (χ0v) is 6.87. The molecule has 1 rings (SSSR count). The van der Waals surface area contributed by atoms with E-state index in [1.165, 1.54) is 13.0 Å². The minimum atomic E-state index is -0.974. The van der Waals surface area contributed by atoms with Crippen LogP contribution in [0.15, 0.2) is 15.3 Å². The Hall–Kier alpha value is -1.29. The van der Waals surface area contributed by atoms with Gasteiger partial charge in [-0.2, -0.15) is 0 Å². The van der Waals surface area contributed by atoms with Crippen LogP contribution in [0.1, 0.15) is 24.5 Å². The van der Waals surface area contributed by atoms with Gasteiger partial charge in [0, 0.05) is 6.07 Å². The molecule has 0 radical (unpaired) electrons. The highest BCUT2D eigenvalue weighted by molar-refractivity contribution is 5.25. The highest BCUT2D eigenvalue weighted by Crippen LogP contribution is 2.20. The van der Waals surface area contributed by atoms with Gasteiger partial charge in [0.25, 0.3) is 0 Å². The molecule has 0 aliphatic heterocycles. The summed E-state index contributed by atoms with van der Waals surface area (Å²) in [6, 6.07) is 1.17. The molecule has 0 aliphatic rings. The molecule has 0 aromatic carbocycles. The Morgan fingerprint density at radius 2 is 2.17 bits per heavy atom. The Kier molecular flexibility index (Phi) is 2.19. The summed E-state index contributed by atoms with van der Waals surface area (Å²) < 4.78 is 4.95. The second-order valence-corrected chi connectivity index (χ2v) is 2.61. The van der Waals surface area contributed by atoms with Gasteiger partial charge in [-0.15, -0.1) is 0 Å². The predicted octanol–water partition coefficient (Wildman–Crippen LogP) is 0.707. The predicted molar refractivity (Wildman–Crippen MR) is 42.0 cm³/mol. The molecule has 1 unspecified atom stereocenters. The molecule has 2 N–H and O–H groups in total. The van der Waals surface area contributed by atoms with E-state index in [0.29, 0.717) is 5.76 Å². The van der Waals surface area contributed by atoms with Crippen LogP contribution < -0.4 is 5.43 Å². The van der Waals surface area contributed by atoms with Gasteiger partial charge in [-0.25, -0.2) is 0 Å². The lowest BCUT2D eigenvalue weighted by atomic mass is 10.2. The Morgan fingerprint density at radius 1 is 1.58 bits per heavy atom. The molecule has 0 saturated heterocycles. The highest BCUT2D eigenvalue weighted by Gasteiger charge is 2.13. The van der Waals surface area contributed by atoms with Crippen molar-refractivity contribution >= 4 is 0 Å². The number of aliphatic hydroxyl groups is 1. The molecular formula is C8H10O4. The zero-order valence-electron chi connectivity index (χ0n) is 6.87. The Bertz CT molecular complexity index is 337. The van der Waals surface area contributed by atoms with Gasteiger partial charge in [-0.1, -0.05) is 0 Å². The van der Waals surface area contributed by atoms with E-state index in [0.717, 1.165) is 0 Å². The van der Waals surface area contributed by atoms with Crippen LogP contribution in [0.5, 0.6) is 5.75 Å². The van der Waals surface area contributed by atoms with Gasteiger partial charge >= 0.3 is 0 Å². The molecular weight excluding hydrogens is 160 g/mol. The molecule has 0 fully saturated rings. The van der Waals surface area contributed by atoms with Gasteiger partial charge in [0.2, 0.25) is 11.2 Å². The van der Waals surface area contributed by atoms with E-state index in [9.17, 15) is 4.79 Å². The molecule has 66 valence electrons. The van der Waals surface area contributed by atoms with Crippen molar-refractivity contribution in [2.24, 2.45) is 0 Å². The van der Waals surface area contributed by atoms with E-state index < -0.39 is 17.3 Å². The van der Waals surface area contributed by atoms with Gasteiger partial charge in [0.05, 0.1) is 0 Å². The minimum Gasteiger partial charge on any atom is -0.502 e. The number of hydrogen-bond acceptors (Lipinski definition) is 4. The van der Waals surface area contributed by atoms with Crippen molar-refractivity contribution < 1.29 is 14.6 Å². The third-order valence-electron chi connectivity index (χ3n) is 1.45. The van der Waals surface area contributed by atoms with Crippen molar-refractivity contribution in [3.63, 3.8) is 0 Å². The highest BCUT2D eigenvalue weighted by atomic mass is 16.4. The molecule has 1 aromatic rings. The first-order valence-electron chi connectivity index (χ1n) is 3.54. The number of aliphatic hydroxyl groups excluding tert-OH is 1. The fraction of sp³-hybridized carbons (Fsp3) is 0.375. The van der Waals surface area contributed by atoms with E-state index >= 15 is 0 Å². The maximum atomic E-state index is 10.9. The summed E-state index contributed by atoms with van der Waals surface area (Å²) in [4.78, 5) is 10.9. The van der Waals surface area contributed by atoms with Gasteiger partial charge < -0.3 is 14.6 Å². The van der Waals surface area contributed by atoms with Crippen molar-refractivity contribution in [3.8, 4) is 5.75 Å². The molecule has 12 heavy (non-hydrogen) atoms. The van der Waals surface area contributed by atoms with Gasteiger partial charge in [0.1, 0.15) is 11.9 Å². The van der Waals surface area contributed by atoms with Crippen LogP contribution in [0, 0.1) is 6.92 Å². The minimum absolute atomic E-state index is 0.0833. The summed E-state index contributed by atoms with van der Waals surface area (Å²) in [5.74, 6) is -0.232. The lowest BCUT2D eigenvalue weighted by molar-refractivity contribution is 0.157. The van der Waals surface area contributed by atoms with Crippen molar-refractivity contribution in [2.45, 2.75) is 20.0 Å². The molecule has 0 bridgehead atoms. The van der Waals surface area contributed by atoms with Crippen molar-refractivity contribution in [2.75, 3.05) is 0 Å². The van der Waals surface area contributed by atoms with E-state index in [1.54, 1.807) is 6.92 Å². The lowest BCUT2D eigenvalue weighted by Crippen LogP contribution is -2.05. The van der Waals surface area contributed by atoms with Crippen LogP contribution in [0.4, 0.5) is 0 Å². The number of aromatic hydroxyl groups is 1. The Labute approximate surface area is 69.1 Å². The average molecular weight is 170 g/mol. The molecule has 1 heterocycles. The van der Waals surface area contributed by atoms with Crippen LogP contribution in [-0.2, 0) is 0 Å². The third-order valence-corrected chi connectivity index (χ3v) is 1.45. The van der Waals surface area contributed by atoms with Gasteiger partial charge in [-0.3, -0.25) is 4.79 Å². The summed E-state index contributed by atoms with van der Waals surface area (Å²) in [6.07, 6.45) is -0.974. The van der Waals surface area contributed by atoms with Gasteiger partial charge in [0.15, 0.2) is 5.76 Å². The molecule has 0 saturated carbocycles. The van der Waals surface area contributed by atoms with Crippen molar-refractivity contribution in [3.05, 3.63) is 27.8 Å². The largest absolute Gasteiger partial charge is 0.502 e. The topological polar surface area (TPSA) is 70.7 Å². The molecule has 0 amide bonds. The second kappa shape index (κ2) is 2.98. The van der Waals surface area contributed by atoms with Crippen LogP contribution in [0.3, 0.4) is 0 Å². The molecule has 4 heteroatoms. The molecule has 1 aromatic heterocycles. The summed E-state index contributed by atoms with van der Waals surface area (Å²) in [6.45, 7) is 2.99. The molecule has 1 atom stereocenters. The van der Waals surface area contributed by atoms with Crippen molar-refractivity contribution in [1.82, 2.24) is 0 Å². The number of hydrogen-bond donors (Lipinski definition) is 2. The molecule has 0 spiro atoms. The quantitative estimate of drug-likeness (QED) is 0.651. The maximum Gasteiger partial charge on any atom is 0.227 e. The zero-order chi connectivity index (χ0) is 9.30. The third kappa shape index (κ3) is 1.48. The van der Waals surface area contributed by atoms with Crippen LogP contribution in [0.2, 0.25) is 0 Å². The van der Waals surface area contributed by atoms with Crippen molar-refractivity contribution in [1.29, 1.82) is 0 Å². The number of aryl methyl sites for hydroxylation is 1. The fourth-order valence-electron chi connectivity index (χ4n) is 0.909. The summed E-state index contributed by atoms with van der Waals surface area (Å²) >= 11 is 0. The standard InChI is InChI=1S/C8H10O4/c1-4-3-6(10)7(11)8(12-4)5(2)9/h3,5,9,11H,1-2H3. The second-order valence-electron chi connectivity index (χ2n) is 2.61. The van der Waals surface area contributed by atoms with Gasteiger partial charge in [-0.05, 0) is 13.8 Å². The molecule has 4 nitrogen and oxygen atoms in total. The van der Waals surface area contributed by atoms with Crippen LogP contribution in [-0.4, -0.2) is 10.2 Å². The van der Waals surface area contributed by atoms with E-state index in [1.807, 2.05) is 0 Å². The monoisotopic (exact) mass is 170 g/mol. The fourth-order valence-corrected chi connectivity index (χ4v) is 0.909. The summed E-state index contributed by atoms with van der Waals surface area (Å²) in [7, 11) is 0. The average Bonchev–Trinajstić information content (AvgIpc) is 1.96. The maximum absolute atomic E-state index is 10.9. The lowest BCUT2D eigenvalue weighted by Gasteiger charge is -2.05. The number of rotatable bonds is 1. The summed E-state index contributed by atoms with van der Waals surface area (Å²) in [5.41, 5.74) is -0.533. The van der Waals surface area contributed by atoms with Crippen LogP contribution in [0.25, 0.3) is 0 Å². The Balaban J connectivity index is 3.38. The van der Waals surface area contributed by atoms with E-state index in [4.69, 9.17) is 14.6 Å². The van der Waals surface area contributed by atoms with E-state index in [2.05, 4.69) is 0 Å². The first-order chi connectivity index (χ1) is 5.52. The normalized spacial score (nSPS) is 12.9. The first-order valence-corrected chi connectivity index (χ1v) is 3.54. The van der Waals surface area contributed by atoms with Crippen LogP contribution >= 0.6 is 0 Å². The smallest absolute Gasteiger partial charge is 0.227 e. The van der Waals surface area contributed by atoms with E-state index in [-0.39, 0.29) is 5.76 Å². The first kappa shape index (κ1) is 8.80. The molecule has 0 aliphatic carbocycles. The Morgan fingerprint density at radius 3 is 2.67 bits per heavy atom.